The maximum absolute atomic E-state index is 15.5. The second-order valence-corrected chi connectivity index (χ2v) is 16.7. The molecule has 14 heteroatoms. The molecule has 0 saturated carbocycles. The second-order valence-electron chi connectivity index (χ2n) is 16.7. The number of para-hydroxylation sites is 4. The Morgan fingerprint density at radius 1 is 0.636 bits per heavy atom. The number of nitrogens with one attached hydrogen (secondary N) is 2. The lowest BCUT2D eigenvalue weighted by Crippen LogP contribution is -2.46. The minimum atomic E-state index is -1.42. The molecule has 3 aromatic heterocycles. The van der Waals surface area contributed by atoms with Crippen molar-refractivity contribution >= 4 is 23.3 Å². The minimum Gasteiger partial charge on any atom is -0.496 e. The Balaban J connectivity index is 1.18. The summed E-state index contributed by atoms with van der Waals surface area (Å²) >= 11 is 0. The van der Waals surface area contributed by atoms with Crippen LogP contribution in [0.1, 0.15) is 46.2 Å². The summed E-state index contributed by atoms with van der Waals surface area (Å²) in [6.07, 6.45) is 0.976. The number of hydrogen-bond donors (Lipinski definition) is 4. The van der Waals surface area contributed by atoms with Crippen LogP contribution in [0.4, 0.5) is 23.3 Å². The van der Waals surface area contributed by atoms with Crippen LogP contribution in [0.5, 0.6) is 17.5 Å². The van der Waals surface area contributed by atoms with Crippen molar-refractivity contribution in [2.45, 2.75) is 31.3 Å². The maximum Gasteiger partial charge on any atom is 0.267 e. The molecule has 0 aliphatic carbocycles. The van der Waals surface area contributed by atoms with Crippen molar-refractivity contribution in [3.05, 3.63) is 217 Å². The number of nitrogens with zero attached hydrogens (tertiary/aromatic N) is 6. The lowest BCUT2D eigenvalue weighted by atomic mass is 9.82. The Bertz CT molecular complexity index is 3090. The highest BCUT2D eigenvalue weighted by Crippen LogP contribution is 2.41. The zero-order chi connectivity index (χ0) is 45.3. The van der Waals surface area contributed by atoms with Crippen molar-refractivity contribution in [3.63, 3.8) is 0 Å². The highest BCUT2D eigenvalue weighted by molar-refractivity contribution is 5.61. The fourth-order valence-electron chi connectivity index (χ4n) is 9.60. The largest absolute Gasteiger partial charge is 0.496 e. The van der Waals surface area contributed by atoms with E-state index in [2.05, 4.69) is 25.5 Å². The Labute approximate surface area is 379 Å². The van der Waals surface area contributed by atoms with Gasteiger partial charge in [0.1, 0.15) is 5.75 Å². The van der Waals surface area contributed by atoms with Crippen LogP contribution in [-0.4, -0.2) is 59.0 Å². The van der Waals surface area contributed by atoms with Gasteiger partial charge < -0.3 is 30.2 Å². The average Bonchev–Trinajstić information content (AvgIpc) is 3.32. The first kappa shape index (κ1) is 41.8. The van der Waals surface area contributed by atoms with Crippen LogP contribution in [-0.2, 0) is 13.1 Å². The molecule has 5 heterocycles. The first-order chi connectivity index (χ1) is 32.2. The molecule has 5 aromatic carbocycles. The lowest BCUT2D eigenvalue weighted by molar-refractivity contribution is 0.113. The van der Waals surface area contributed by atoms with Crippen molar-refractivity contribution in [1.82, 2.24) is 28.6 Å². The third-order valence-electron chi connectivity index (χ3n) is 12.4. The van der Waals surface area contributed by atoms with Crippen molar-refractivity contribution in [1.29, 1.82) is 0 Å². The standard InChI is InChI=1S/C52H46N8O6/c1-66-42-26-25-34(28-36(42)32-57-29-33-27-35(31-57)41-23-14-24-43(61)58(41)30-33)44(45-47(62)55-51(53-37-15-6-2-7-16-37)59(49(45)64)39-19-10-4-11-20-39)46-48(63)56-52(54-38-17-8-3-9-18-38)60(50(46)65)40-21-12-5-13-22-40/h2-26,28,33,35,44,62-63H,27,29-32H2,1H3,(H,53,55)(H,54,56)/t33?,35-/m0/s1. The number of ether oxygens (including phenoxy) is 1. The van der Waals surface area contributed by atoms with E-state index in [1.165, 1.54) is 9.13 Å². The first-order valence-corrected chi connectivity index (χ1v) is 21.8. The molecule has 0 amide bonds. The molecule has 330 valence electrons. The zero-order valence-corrected chi connectivity index (χ0v) is 36.0. The Morgan fingerprint density at radius 2 is 1.17 bits per heavy atom. The average molecular weight is 879 g/mol. The van der Waals surface area contributed by atoms with Gasteiger partial charge >= 0.3 is 0 Å². The summed E-state index contributed by atoms with van der Waals surface area (Å²) in [5.41, 5.74) is 2.38. The number of anilines is 4. The number of aromatic hydroxyl groups is 2. The zero-order valence-electron chi connectivity index (χ0n) is 36.0. The number of piperidine rings is 1. The smallest absolute Gasteiger partial charge is 0.267 e. The van der Waals surface area contributed by atoms with Gasteiger partial charge in [-0.2, -0.15) is 9.97 Å². The first-order valence-electron chi connectivity index (χ1n) is 21.8. The Hall–Kier alpha value is -8.23. The predicted molar refractivity (Wildman–Crippen MR) is 253 cm³/mol. The van der Waals surface area contributed by atoms with Crippen molar-refractivity contribution in [3.8, 4) is 28.9 Å². The van der Waals surface area contributed by atoms with Crippen molar-refractivity contribution in [2.75, 3.05) is 30.8 Å². The van der Waals surface area contributed by atoms with Gasteiger partial charge in [-0.3, -0.25) is 19.3 Å². The van der Waals surface area contributed by atoms with Gasteiger partial charge in [0.2, 0.25) is 23.7 Å². The summed E-state index contributed by atoms with van der Waals surface area (Å²) in [5.74, 6) is -1.69. The third kappa shape index (κ3) is 7.98. The molecular formula is C52H46N8O6. The van der Waals surface area contributed by atoms with Gasteiger partial charge in [-0.05, 0) is 84.6 Å². The summed E-state index contributed by atoms with van der Waals surface area (Å²) in [7, 11) is 1.59. The van der Waals surface area contributed by atoms with E-state index >= 15 is 9.59 Å². The van der Waals surface area contributed by atoms with Crippen molar-refractivity contribution in [2.24, 2.45) is 5.92 Å². The fourth-order valence-corrected chi connectivity index (χ4v) is 9.60. The van der Waals surface area contributed by atoms with Gasteiger partial charge in [-0.25, -0.2) is 9.13 Å². The normalized spacial score (nSPS) is 15.5. The SMILES string of the molecule is COc1ccc(C(c2c(O)nc(Nc3ccccc3)n(-c3ccccc3)c2=O)c2c(O)nc(Nc3ccccc3)n(-c3ccccc3)c2=O)cc1CN1CC2C[C@@H](C1)c1cccc(=O)n1C2. The molecule has 2 bridgehead atoms. The Morgan fingerprint density at radius 3 is 1.70 bits per heavy atom. The number of methoxy groups -OCH3 is 1. The van der Waals surface area contributed by atoms with Gasteiger partial charge in [0, 0.05) is 60.8 Å². The lowest BCUT2D eigenvalue weighted by Gasteiger charge is -2.43. The molecular weight excluding hydrogens is 833 g/mol. The number of fused-ring (bicyclic) bond motifs is 4. The molecule has 4 N–H and O–H groups in total. The van der Waals surface area contributed by atoms with Gasteiger partial charge in [0.25, 0.3) is 16.7 Å². The molecule has 1 fully saturated rings. The maximum atomic E-state index is 15.5. The van der Waals surface area contributed by atoms with Crippen molar-refractivity contribution < 1.29 is 14.9 Å². The molecule has 10 rings (SSSR count). The van der Waals surface area contributed by atoms with Crippen LogP contribution in [0.25, 0.3) is 11.4 Å². The number of pyridine rings is 1. The molecule has 14 nitrogen and oxygen atoms in total. The molecule has 8 aromatic rings. The molecule has 1 unspecified atom stereocenters. The number of aromatic nitrogens is 5. The van der Waals surface area contributed by atoms with Gasteiger partial charge in [0.05, 0.1) is 35.5 Å². The van der Waals surface area contributed by atoms with E-state index < -0.39 is 28.8 Å². The van der Waals surface area contributed by atoms with Crippen LogP contribution in [0.3, 0.4) is 0 Å². The molecule has 2 atom stereocenters. The van der Waals surface area contributed by atoms with E-state index in [4.69, 9.17) is 4.74 Å². The molecule has 66 heavy (non-hydrogen) atoms. The predicted octanol–water partition coefficient (Wildman–Crippen LogP) is 7.65. The number of hydrogen-bond acceptors (Lipinski definition) is 11. The minimum absolute atomic E-state index is 0.0111. The van der Waals surface area contributed by atoms with E-state index in [0.717, 1.165) is 24.2 Å². The van der Waals surface area contributed by atoms with E-state index in [-0.39, 0.29) is 40.4 Å². The van der Waals surface area contributed by atoms with Crippen LogP contribution < -0.4 is 32.0 Å². The van der Waals surface area contributed by atoms with E-state index in [1.54, 1.807) is 73.8 Å². The monoisotopic (exact) mass is 878 g/mol. The summed E-state index contributed by atoms with van der Waals surface area (Å²) in [4.78, 5) is 55.4. The van der Waals surface area contributed by atoms with E-state index in [0.29, 0.717) is 53.7 Å². The number of benzene rings is 5. The fraction of sp³-hybridized carbons (Fsp3) is 0.173. The van der Waals surface area contributed by atoms with Gasteiger partial charge in [-0.1, -0.05) is 84.9 Å². The molecule has 0 radical (unpaired) electrons. The van der Waals surface area contributed by atoms with E-state index in [1.807, 2.05) is 95.6 Å². The molecule has 0 spiro atoms. The van der Waals surface area contributed by atoms with Gasteiger partial charge in [-0.15, -0.1) is 0 Å². The number of rotatable bonds is 12. The van der Waals surface area contributed by atoms with E-state index in [9.17, 15) is 15.0 Å². The quantitative estimate of drug-likeness (QED) is 0.0952. The Kier molecular flexibility index (Phi) is 11.2. The summed E-state index contributed by atoms with van der Waals surface area (Å²) in [6.45, 7) is 2.50. The summed E-state index contributed by atoms with van der Waals surface area (Å²) in [5, 5.41) is 30.8. The summed E-state index contributed by atoms with van der Waals surface area (Å²) in [6, 6.07) is 46.9. The van der Waals surface area contributed by atoms with Crippen LogP contribution >= 0.6 is 0 Å². The van der Waals surface area contributed by atoms with Crippen LogP contribution in [0, 0.1) is 5.92 Å². The number of likely N-dealkylation sites (tertiary alicyclic amines) is 1. The highest BCUT2D eigenvalue weighted by Gasteiger charge is 2.37. The van der Waals surface area contributed by atoms with Crippen LogP contribution in [0.15, 0.2) is 172 Å². The third-order valence-corrected chi connectivity index (χ3v) is 12.4. The summed E-state index contributed by atoms with van der Waals surface area (Å²) < 4.78 is 10.5. The topological polar surface area (TPSA) is 169 Å². The molecule has 2 aliphatic rings. The molecule has 2 aliphatic heterocycles. The second kappa shape index (κ2) is 17.7. The van der Waals surface area contributed by atoms with Gasteiger partial charge in [0.15, 0.2) is 0 Å². The van der Waals surface area contributed by atoms with Crippen LogP contribution in [0.2, 0.25) is 0 Å². The highest BCUT2D eigenvalue weighted by atomic mass is 16.5. The molecule has 1 saturated heterocycles.